The lowest BCUT2D eigenvalue weighted by Crippen LogP contribution is -2.34. The number of urea groups is 1. The van der Waals surface area contributed by atoms with Crippen LogP contribution in [0.1, 0.15) is 5.69 Å². The summed E-state index contributed by atoms with van der Waals surface area (Å²) in [5, 5.41) is 9.06. The average molecular weight is 411 g/mol. The number of hydrazine groups is 1. The normalized spacial score (nSPS) is 10.5. The van der Waals surface area contributed by atoms with Crippen molar-refractivity contribution in [3.05, 3.63) is 59.7 Å². The van der Waals surface area contributed by atoms with Crippen LogP contribution in [-0.2, 0) is 6.61 Å². The molecule has 0 spiro atoms. The van der Waals surface area contributed by atoms with Crippen LogP contribution in [0.2, 0.25) is 0 Å². The maximum Gasteiger partial charge on any atom is 0.339 e. The van der Waals surface area contributed by atoms with Crippen molar-refractivity contribution in [1.29, 1.82) is 0 Å². The van der Waals surface area contributed by atoms with Gasteiger partial charge in [-0.05, 0) is 24.3 Å². The highest BCUT2D eigenvalue weighted by molar-refractivity contribution is 7.13. The molecule has 2 amide bonds. The second-order valence-corrected chi connectivity index (χ2v) is 6.58. The van der Waals surface area contributed by atoms with E-state index in [9.17, 15) is 4.79 Å². The SMILES string of the molecule is COc1ccccc1OCc1csc(NC(=O)NNc2nc3ccccn3n2)n1. The van der Waals surface area contributed by atoms with Gasteiger partial charge in [0.05, 0.1) is 12.8 Å². The molecule has 0 saturated carbocycles. The molecule has 10 nitrogen and oxygen atoms in total. The van der Waals surface area contributed by atoms with Crippen LogP contribution in [0.5, 0.6) is 11.5 Å². The minimum absolute atomic E-state index is 0.254. The molecule has 1 aromatic carbocycles. The molecule has 0 aliphatic heterocycles. The number of benzene rings is 1. The number of nitrogens with zero attached hydrogens (tertiary/aromatic N) is 4. The molecule has 0 unspecified atom stereocenters. The number of aromatic nitrogens is 4. The number of carbonyl (C=O) groups excluding carboxylic acids is 1. The number of fused-ring (bicyclic) bond motifs is 1. The number of nitrogens with one attached hydrogen (secondary N) is 3. The minimum atomic E-state index is -0.490. The molecular formula is C18H17N7O3S. The first-order valence-electron chi connectivity index (χ1n) is 8.56. The predicted molar refractivity (Wildman–Crippen MR) is 108 cm³/mol. The van der Waals surface area contributed by atoms with Gasteiger partial charge < -0.3 is 9.47 Å². The van der Waals surface area contributed by atoms with Crippen LogP contribution in [0.3, 0.4) is 0 Å². The Morgan fingerprint density at radius 3 is 2.79 bits per heavy atom. The Hall–Kier alpha value is -3.86. The van der Waals surface area contributed by atoms with E-state index in [-0.39, 0.29) is 12.6 Å². The summed E-state index contributed by atoms with van der Waals surface area (Å²) in [7, 11) is 1.58. The first-order valence-corrected chi connectivity index (χ1v) is 9.44. The van der Waals surface area contributed by atoms with E-state index in [4.69, 9.17) is 9.47 Å². The number of ether oxygens (including phenoxy) is 2. The largest absolute Gasteiger partial charge is 0.493 e. The molecule has 0 fully saturated rings. The van der Waals surface area contributed by atoms with Gasteiger partial charge in [0.15, 0.2) is 22.3 Å². The van der Waals surface area contributed by atoms with Crippen LogP contribution >= 0.6 is 11.3 Å². The van der Waals surface area contributed by atoms with Gasteiger partial charge >= 0.3 is 6.03 Å². The van der Waals surface area contributed by atoms with Crippen molar-refractivity contribution in [2.24, 2.45) is 0 Å². The van der Waals surface area contributed by atoms with Gasteiger partial charge in [-0.2, -0.15) is 4.98 Å². The third-order valence-electron chi connectivity index (χ3n) is 3.75. The summed E-state index contributed by atoms with van der Waals surface area (Å²) in [6.45, 7) is 0.254. The van der Waals surface area contributed by atoms with Gasteiger partial charge in [0.1, 0.15) is 6.61 Å². The van der Waals surface area contributed by atoms with E-state index >= 15 is 0 Å². The van der Waals surface area contributed by atoms with Crippen LogP contribution in [0.15, 0.2) is 54.0 Å². The number of hydrogen-bond acceptors (Lipinski definition) is 8. The Kier molecular flexibility index (Phi) is 5.38. The fourth-order valence-corrected chi connectivity index (χ4v) is 3.14. The Balaban J connectivity index is 1.28. The minimum Gasteiger partial charge on any atom is -0.493 e. The van der Waals surface area contributed by atoms with Crippen LogP contribution in [-0.4, -0.2) is 32.7 Å². The molecular weight excluding hydrogens is 394 g/mol. The van der Waals surface area contributed by atoms with Crippen molar-refractivity contribution in [3.8, 4) is 11.5 Å². The molecule has 0 aliphatic rings. The van der Waals surface area contributed by atoms with E-state index in [2.05, 4.69) is 31.2 Å². The molecule has 3 aromatic heterocycles. The lowest BCUT2D eigenvalue weighted by molar-refractivity contribution is 0.253. The highest BCUT2D eigenvalue weighted by Crippen LogP contribution is 2.27. The standard InChI is InChI=1S/C18H17N7O3S/c1-27-13-6-2-3-7-14(13)28-10-12-11-29-18(19-12)21-17(26)23-22-16-20-15-8-4-5-9-25(15)24-16/h2-9,11H,10H2,1H3,(H,22,24)(H2,19,21,23,26). The third-order valence-corrected chi connectivity index (χ3v) is 4.55. The fraction of sp³-hybridized carbons (Fsp3) is 0.111. The Bertz CT molecular complexity index is 1090. The molecule has 3 heterocycles. The van der Waals surface area contributed by atoms with Gasteiger partial charge in [-0.1, -0.05) is 18.2 Å². The van der Waals surface area contributed by atoms with Crippen molar-refractivity contribution >= 4 is 34.1 Å². The first kappa shape index (κ1) is 18.5. The molecule has 4 rings (SSSR count). The predicted octanol–water partition coefficient (Wildman–Crippen LogP) is 2.92. The lowest BCUT2D eigenvalue weighted by atomic mass is 10.3. The Labute approximate surface area is 169 Å². The molecule has 0 saturated heterocycles. The summed E-state index contributed by atoms with van der Waals surface area (Å²) in [5.74, 6) is 1.54. The van der Waals surface area contributed by atoms with Crippen LogP contribution in [0, 0.1) is 0 Å². The summed E-state index contributed by atoms with van der Waals surface area (Å²) in [6, 6.07) is 12.4. The molecule has 0 bridgehead atoms. The molecule has 0 atom stereocenters. The molecule has 0 aliphatic carbocycles. The van der Waals surface area contributed by atoms with Gasteiger partial charge in [0.25, 0.3) is 5.95 Å². The van der Waals surface area contributed by atoms with Crippen molar-refractivity contribution in [1.82, 2.24) is 25.0 Å². The number of anilines is 2. The van der Waals surface area contributed by atoms with E-state index in [1.165, 1.54) is 11.3 Å². The number of thiazole rings is 1. The summed E-state index contributed by atoms with van der Waals surface area (Å²) < 4.78 is 12.6. The maximum absolute atomic E-state index is 12.0. The van der Waals surface area contributed by atoms with E-state index < -0.39 is 6.03 Å². The Morgan fingerprint density at radius 1 is 1.14 bits per heavy atom. The quantitative estimate of drug-likeness (QED) is 0.401. The second kappa shape index (κ2) is 8.44. The lowest BCUT2D eigenvalue weighted by Gasteiger charge is -2.08. The zero-order valence-corrected chi connectivity index (χ0v) is 16.1. The van der Waals surface area contributed by atoms with Crippen molar-refractivity contribution in [2.75, 3.05) is 17.9 Å². The topological polar surface area (TPSA) is 115 Å². The van der Waals surface area contributed by atoms with Gasteiger partial charge in [-0.15, -0.1) is 16.4 Å². The zero-order chi connectivity index (χ0) is 20.1. The number of rotatable bonds is 7. The number of amides is 2. The number of carbonyl (C=O) groups is 1. The zero-order valence-electron chi connectivity index (χ0n) is 15.3. The maximum atomic E-state index is 12.0. The second-order valence-electron chi connectivity index (χ2n) is 5.73. The van der Waals surface area contributed by atoms with Gasteiger partial charge in [-0.3, -0.25) is 10.7 Å². The molecule has 0 radical (unpaired) electrons. The fourth-order valence-electron chi connectivity index (χ4n) is 2.45. The van der Waals surface area contributed by atoms with Gasteiger partial charge in [0.2, 0.25) is 0 Å². The van der Waals surface area contributed by atoms with Crippen molar-refractivity contribution in [2.45, 2.75) is 6.61 Å². The van der Waals surface area contributed by atoms with E-state index in [0.717, 1.165) is 0 Å². The number of pyridine rings is 1. The van der Waals surface area contributed by atoms with Gasteiger partial charge in [0, 0.05) is 11.6 Å². The smallest absolute Gasteiger partial charge is 0.339 e. The number of methoxy groups -OCH3 is 1. The van der Waals surface area contributed by atoms with Crippen molar-refractivity contribution in [3.63, 3.8) is 0 Å². The highest BCUT2D eigenvalue weighted by Gasteiger charge is 2.09. The van der Waals surface area contributed by atoms with Gasteiger partial charge in [-0.25, -0.2) is 19.7 Å². The Morgan fingerprint density at radius 2 is 1.97 bits per heavy atom. The molecule has 3 N–H and O–H groups in total. The number of para-hydroxylation sites is 2. The first-order chi connectivity index (χ1) is 14.2. The molecule has 148 valence electrons. The molecule has 4 aromatic rings. The third kappa shape index (κ3) is 4.52. The summed E-state index contributed by atoms with van der Waals surface area (Å²) >= 11 is 1.29. The summed E-state index contributed by atoms with van der Waals surface area (Å²) in [5.41, 5.74) is 6.47. The van der Waals surface area contributed by atoms with Crippen molar-refractivity contribution < 1.29 is 14.3 Å². The van der Waals surface area contributed by atoms with Crippen LogP contribution in [0.4, 0.5) is 15.9 Å². The van der Waals surface area contributed by atoms with E-state index in [1.54, 1.807) is 17.8 Å². The monoisotopic (exact) mass is 411 g/mol. The summed E-state index contributed by atoms with van der Waals surface area (Å²) in [6.07, 6.45) is 1.76. The number of hydrogen-bond donors (Lipinski definition) is 3. The summed E-state index contributed by atoms with van der Waals surface area (Å²) in [4.78, 5) is 20.6. The van der Waals surface area contributed by atoms with E-state index in [0.29, 0.717) is 28.0 Å². The molecule has 29 heavy (non-hydrogen) atoms. The van der Waals surface area contributed by atoms with E-state index in [1.807, 2.05) is 47.8 Å². The average Bonchev–Trinajstić information content (AvgIpc) is 3.37. The van der Waals surface area contributed by atoms with Crippen LogP contribution in [0.25, 0.3) is 5.65 Å². The van der Waals surface area contributed by atoms with Crippen LogP contribution < -0.4 is 25.6 Å². The molecule has 11 heteroatoms. The highest BCUT2D eigenvalue weighted by atomic mass is 32.1.